The zero-order valence-electron chi connectivity index (χ0n) is 7.50. The fraction of sp³-hybridized carbons (Fsp3) is 0.200. The van der Waals surface area contributed by atoms with E-state index in [0.717, 1.165) is 11.1 Å². The zero-order valence-corrected chi connectivity index (χ0v) is 7.50. The van der Waals surface area contributed by atoms with Crippen molar-refractivity contribution in [1.82, 2.24) is 0 Å². The van der Waals surface area contributed by atoms with E-state index in [4.69, 9.17) is 5.11 Å². The van der Waals surface area contributed by atoms with Crippen LogP contribution in [0.1, 0.15) is 31.8 Å². The lowest BCUT2D eigenvalue weighted by Gasteiger charge is -2.05. The molecule has 13 heavy (non-hydrogen) atoms. The lowest BCUT2D eigenvalue weighted by Crippen LogP contribution is -2.04. The van der Waals surface area contributed by atoms with Crippen LogP contribution in [0.25, 0.3) is 0 Å². The van der Waals surface area contributed by atoms with Gasteiger partial charge in [0.15, 0.2) is 6.29 Å². The number of rotatable bonds is 2. The van der Waals surface area contributed by atoms with E-state index in [0.29, 0.717) is 6.29 Å². The Morgan fingerprint density at radius 1 is 1.38 bits per heavy atom. The largest absolute Gasteiger partial charge is 0.478 e. The molecule has 0 unspecified atom stereocenters. The van der Waals surface area contributed by atoms with Crippen molar-refractivity contribution in [3.63, 3.8) is 0 Å². The molecule has 0 saturated carbocycles. The summed E-state index contributed by atoms with van der Waals surface area (Å²) in [5.41, 5.74) is 1.99. The first kappa shape index (κ1) is 9.45. The Balaban J connectivity index is 3.47. The summed E-state index contributed by atoms with van der Waals surface area (Å²) in [7, 11) is 0. The number of aldehydes is 1. The van der Waals surface area contributed by atoms with Gasteiger partial charge < -0.3 is 5.11 Å². The highest BCUT2D eigenvalue weighted by Crippen LogP contribution is 2.16. The Morgan fingerprint density at radius 3 is 2.46 bits per heavy atom. The van der Waals surface area contributed by atoms with Crippen LogP contribution in [-0.4, -0.2) is 17.4 Å². The Hall–Kier alpha value is -1.64. The van der Waals surface area contributed by atoms with Gasteiger partial charge in [-0.1, -0.05) is 6.07 Å². The van der Waals surface area contributed by atoms with Crippen molar-refractivity contribution in [2.45, 2.75) is 13.8 Å². The molecule has 0 amide bonds. The van der Waals surface area contributed by atoms with Crippen LogP contribution in [0.2, 0.25) is 0 Å². The van der Waals surface area contributed by atoms with Crippen LogP contribution in [0.4, 0.5) is 0 Å². The van der Waals surface area contributed by atoms with Gasteiger partial charge in [0.2, 0.25) is 0 Å². The van der Waals surface area contributed by atoms with E-state index in [1.54, 1.807) is 13.0 Å². The molecule has 0 saturated heterocycles. The number of hydrogen-bond acceptors (Lipinski definition) is 2. The van der Waals surface area contributed by atoms with Crippen molar-refractivity contribution in [2.24, 2.45) is 0 Å². The third-order valence-corrected chi connectivity index (χ3v) is 2.13. The van der Waals surface area contributed by atoms with Crippen molar-refractivity contribution in [2.75, 3.05) is 0 Å². The van der Waals surface area contributed by atoms with E-state index >= 15 is 0 Å². The first-order chi connectivity index (χ1) is 6.07. The summed E-state index contributed by atoms with van der Waals surface area (Å²) in [6.45, 7) is 3.58. The SMILES string of the molecule is Cc1ccc(C(=O)O)c(C=O)c1C. The summed E-state index contributed by atoms with van der Waals surface area (Å²) in [6.07, 6.45) is 0.589. The maximum atomic E-state index is 10.7. The van der Waals surface area contributed by atoms with Crippen LogP contribution < -0.4 is 0 Å². The average molecular weight is 178 g/mol. The van der Waals surface area contributed by atoms with Crippen molar-refractivity contribution < 1.29 is 14.7 Å². The monoisotopic (exact) mass is 178 g/mol. The highest BCUT2D eigenvalue weighted by atomic mass is 16.4. The quantitative estimate of drug-likeness (QED) is 0.702. The second kappa shape index (κ2) is 3.39. The number of hydrogen-bond donors (Lipinski definition) is 1. The molecule has 1 aromatic rings. The Bertz CT molecular complexity index is 367. The lowest BCUT2D eigenvalue weighted by molar-refractivity contribution is 0.0694. The van der Waals surface area contributed by atoms with Gasteiger partial charge in [0.05, 0.1) is 5.56 Å². The lowest BCUT2D eigenvalue weighted by atomic mass is 9.99. The first-order valence-corrected chi connectivity index (χ1v) is 3.86. The van der Waals surface area contributed by atoms with Gasteiger partial charge in [-0.05, 0) is 31.0 Å². The topological polar surface area (TPSA) is 54.4 Å². The molecular weight excluding hydrogens is 168 g/mol. The first-order valence-electron chi connectivity index (χ1n) is 3.86. The van der Waals surface area contributed by atoms with Crippen LogP contribution in [0.15, 0.2) is 12.1 Å². The summed E-state index contributed by atoms with van der Waals surface area (Å²) in [5, 5.41) is 8.75. The van der Waals surface area contributed by atoms with Gasteiger partial charge in [0.1, 0.15) is 0 Å². The number of aromatic carboxylic acids is 1. The normalized spacial score (nSPS) is 9.69. The van der Waals surface area contributed by atoms with Gasteiger partial charge in [-0.25, -0.2) is 4.79 Å². The van der Waals surface area contributed by atoms with Gasteiger partial charge in [-0.15, -0.1) is 0 Å². The van der Waals surface area contributed by atoms with Crippen molar-refractivity contribution in [3.8, 4) is 0 Å². The molecule has 3 heteroatoms. The van der Waals surface area contributed by atoms with E-state index in [1.807, 2.05) is 6.92 Å². The highest BCUT2D eigenvalue weighted by Gasteiger charge is 2.12. The van der Waals surface area contributed by atoms with Gasteiger partial charge in [0.25, 0.3) is 0 Å². The summed E-state index contributed by atoms with van der Waals surface area (Å²) < 4.78 is 0. The van der Waals surface area contributed by atoms with E-state index in [2.05, 4.69) is 0 Å². The van der Waals surface area contributed by atoms with Crippen LogP contribution in [0, 0.1) is 13.8 Å². The van der Waals surface area contributed by atoms with Gasteiger partial charge in [-0.3, -0.25) is 4.79 Å². The molecule has 3 nitrogen and oxygen atoms in total. The Labute approximate surface area is 76.0 Å². The molecule has 1 N–H and O–H groups in total. The predicted octanol–water partition coefficient (Wildman–Crippen LogP) is 1.81. The molecular formula is C10H10O3. The average Bonchev–Trinajstić information content (AvgIpc) is 2.09. The molecule has 0 aliphatic rings. The number of benzene rings is 1. The van der Waals surface area contributed by atoms with Crippen LogP contribution >= 0.6 is 0 Å². The minimum atomic E-state index is -1.06. The summed E-state index contributed by atoms with van der Waals surface area (Å²) in [6, 6.07) is 3.15. The zero-order chi connectivity index (χ0) is 10.0. The minimum absolute atomic E-state index is 0.0677. The van der Waals surface area contributed by atoms with Crippen LogP contribution in [-0.2, 0) is 0 Å². The minimum Gasteiger partial charge on any atom is -0.478 e. The van der Waals surface area contributed by atoms with Crippen molar-refractivity contribution in [1.29, 1.82) is 0 Å². The van der Waals surface area contributed by atoms with Gasteiger partial charge >= 0.3 is 5.97 Å². The van der Waals surface area contributed by atoms with Gasteiger partial charge in [0, 0.05) is 5.56 Å². The molecule has 0 radical (unpaired) electrons. The number of aryl methyl sites for hydroxylation is 1. The fourth-order valence-corrected chi connectivity index (χ4v) is 1.18. The molecule has 0 atom stereocenters. The maximum Gasteiger partial charge on any atom is 0.336 e. The third kappa shape index (κ3) is 1.59. The molecule has 0 spiro atoms. The van der Waals surface area contributed by atoms with E-state index in [1.165, 1.54) is 6.07 Å². The third-order valence-electron chi connectivity index (χ3n) is 2.13. The molecule has 0 aliphatic heterocycles. The summed E-state index contributed by atoms with van der Waals surface area (Å²) in [4.78, 5) is 21.3. The van der Waals surface area contributed by atoms with E-state index in [-0.39, 0.29) is 11.1 Å². The van der Waals surface area contributed by atoms with Crippen molar-refractivity contribution in [3.05, 3.63) is 34.4 Å². The molecule has 0 fully saturated rings. The predicted molar refractivity (Wildman–Crippen MR) is 48.3 cm³/mol. The summed E-state index contributed by atoms with van der Waals surface area (Å²) >= 11 is 0. The maximum absolute atomic E-state index is 10.7. The van der Waals surface area contributed by atoms with E-state index in [9.17, 15) is 9.59 Å². The molecule has 1 aromatic carbocycles. The number of carbonyl (C=O) groups excluding carboxylic acids is 1. The fourth-order valence-electron chi connectivity index (χ4n) is 1.18. The number of carboxylic acid groups (broad SMARTS) is 1. The van der Waals surface area contributed by atoms with Crippen LogP contribution in [0.5, 0.6) is 0 Å². The molecule has 1 rings (SSSR count). The number of carbonyl (C=O) groups is 2. The smallest absolute Gasteiger partial charge is 0.336 e. The molecule has 68 valence electrons. The second-order valence-corrected chi connectivity index (χ2v) is 2.89. The molecule has 0 aromatic heterocycles. The number of carboxylic acids is 1. The molecule has 0 bridgehead atoms. The van der Waals surface area contributed by atoms with Crippen LogP contribution in [0.3, 0.4) is 0 Å². The standard InChI is InChI=1S/C10H10O3/c1-6-3-4-8(10(12)13)9(5-11)7(6)2/h3-5H,1-2H3,(H,12,13). The van der Waals surface area contributed by atoms with Crippen molar-refractivity contribution >= 4 is 12.3 Å². The molecule has 0 aliphatic carbocycles. The Kier molecular flexibility index (Phi) is 2.46. The second-order valence-electron chi connectivity index (χ2n) is 2.89. The van der Waals surface area contributed by atoms with E-state index < -0.39 is 5.97 Å². The van der Waals surface area contributed by atoms with Gasteiger partial charge in [-0.2, -0.15) is 0 Å². The molecule has 0 heterocycles. The summed E-state index contributed by atoms with van der Waals surface area (Å²) in [5.74, 6) is -1.06. The highest BCUT2D eigenvalue weighted by molar-refractivity contribution is 5.98. The Morgan fingerprint density at radius 2 is 2.00 bits per heavy atom.